The molecule has 5 heteroatoms. The maximum atomic E-state index is 5.68. The first-order chi connectivity index (χ1) is 9.83. The molecule has 1 aromatic carbocycles. The Morgan fingerprint density at radius 2 is 2.15 bits per heavy atom. The summed E-state index contributed by atoms with van der Waals surface area (Å²) < 4.78 is 4.14. The van der Waals surface area contributed by atoms with Crippen LogP contribution in [0, 0.1) is 0 Å². The lowest BCUT2D eigenvalue weighted by Crippen LogP contribution is -2.08. The molecule has 0 amide bonds. The number of hydrogen-bond donors (Lipinski definition) is 1. The minimum atomic E-state index is 0.675. The fraction of sp³-hybridized carbons (Fsp3) is 0.333. The molecule has 2 heterocycles. The monoisotopic (exact) mass is 269 g/mol. The van der Waals surface area contributed by atoms with Crippen molar-refractivity contribution in [1.29, 1.82) is 0 Å². The van der Waals surface area contributed by atoms with Gasteiger partial charge in [-0.05, 0) is 37.6 Å². The summed E-state index contributed by atoms with van der Waals surface area (Å²) in [4.78, 5) is 4.34. The zero-order chi connectivity index (χ0) is 13.9. The number of rotatable bonds is 5. The van der Waals surface area contributed by atoms with Gasteiger partial charge in [-0.1, -0.05) is 12.1 Å². The number of fused-ring (bicyclic) bond motifs is 1. The molecule has 0 fully saturated rings. The topological polar surface area (TPSA) is 61.7 Å². The molecule has 0 spiro atoms. The van der Waals surface area contributed by atoms with Crippen molar-refractivity contribution in [2.75, 3.05) is 6.54 Å². The van der Waals surface area contributed by atoms with E-state index in [1.54, 1.807) is 6.33 Å². The molecule has 104 valence electrons. The van der Waals surface area contributed by atoms with Crippen LogP contribution in [0.3, 0.4) is 0 Å². The molecule has 0 aliphatic carbocycles. The van der Waals surface area contributed by atoms with Gasteiger partial charge in [-0.15, -0.1) is 0 Å². The summed E-state index contributed by atoms with van der Waals surface area (Å²) in [6.07, 6.45) is 4.64. The first kappa shape index (κ1) is 12.9. The van der Waals surface area contributed by atoms with Crippen LogP contribution in [0.4, 0.5) is 0 Å². The molecule has 0 unspecified atom stereocenters. The summed E-state index contributed by atoms with van der Waals surface area (Å²) in [6, 6.07) is 8.54. The number of benzene rings is 1. The second-order valence-electron chi connectivity index (χ2n) is 4.82. The molecule has 0 radical (unpaired) electrons. The molecule has 5 nitrogen and oxygen atoms in total. The normalized spacial score (nSPS) is 11.3. The Kier molecular flexibility index (Phi) is 3.52. The van der Waals surface area contributed by atoms with Crippen LogP contribution in [0.2, 0.25) is 0 Å². The second-order valence-corrected chi connectivity index (χ2v) is 4.82. The van der Waals surface area contributed by atoms with Crippen molar-refractivity contribution >= 4 is 10.9 Å². The zero-order valence-electron chi connectivity index (χ0n) is 11.7. The predicted octanol–water partition coefficient (Wildman–Crippen LogP) is 1.80. The first-order valence-corrected chi connectivity index (χ1v) is 6.97. The van der Waals surface area contributed by atoms with Crippen molar-refractivity contribution in [2.24, 2.45) is 5.73 Å². The molecule has 0 aliphatic heterocycles. The standard InChI is InChI=1S/C15H19N5/c1-2-20-15(17-11-18-20)10-19-9-7-13-12(6-8-16)4-3-5-14(13)19/h3-5,7,9,11H,2,6,8,10,16H2,1H3. The van der Waals surface area contributed by atoms with Gasteiger partial charge in [0.25, 0.3) is 0 Å². The van der Waals surface area contributed by atoms with Gasteiger partial charge in [-0.2, -0.15) is 5.10 Å². The highest BCUT2D eigenvalue weighted by Crippen LogP contribution is 2.21. The summed E-state index contributed by atoms with van der Waals surface area (Å²) in [6.45, 7) is 4.33. The van der Waals surface area contributed by atoms with Gasteiger partial charge in [0.05, 0.1) is 6.54 Å². The van der Waals surface area contributed by atoms with Crippen LogP contribution in [-0.4, -0.2) is 25.9 Å². The quantitative estimate of drug-likeness (QED) is 0.768. The molecule has 0 bridgehead atoms. The molecule has 3 aromatic rings. The van der Waals surface area contributed by atoms with Crippen molar-refractivity contribution in [1.82, 2.24) is 19.3 Å². The summed E-state index contributed by atoms with van der Waals surface area (Å²) in [7, 11) is 0. The molecule has 3 rings (SSSR count). The predicted molar refractivity (Wildman–Crippen MR) is 79.5 cm³/mol. The molecule has 0 aliphatic rings. The van der Waals surface area contributed by atoms with Crippen LogP contribution in [0.5, 0.6) is 0 Å². The van der Waals surface area contributed by atoms with E-state index < -0.39 is 0 Å². The van der Waals surface area contributed by atoms with Crippen molar-refractivity contribution in [3.63, 3.8) is 0 Å². The Labute approximate surface area is 118 Å². The van der Waals surface area contributed by atoms with Crippen LogP contribution in [-0.2, 0) is 19.5 Å². The number of aryl methyl sites for hydroxylation is 1. The van der Waals surface area contributed by atoms with E-state index >= 15 is 0 Å². The number of aromatic nitrogens is 4. The van der Waals surface area contributed by atoms with Gasteiger partial charge in [-0.25, -0.2) is 9.67 Å². The Morgan fingerprint density at radius 1 is 1.25 bits per heavy atom. The molecule has 0 atom stereocenters. The average molecular weight is 269 g/mol. The third kappa shape index (κ3) is 2.20. The molecule has 2 N–H and O–H groups in total. The van der Waals surface area contributed by atoms with E-state index in [1.807, 2.05) is 4.68 Å². The largest absolute Gasteiger partial charge is 0.340 e. The molecule has 20 heavy (non-hydrogen) atoms. The SMILES string of the molecule is CCn1ncnc1Cn1ccc2c(CCN)cccc21. The molecular formula is C15H19N5. The minimum absolute atomic E-state index is 0.675. The maximum Gasteiger partial charge on any atom is 0.146 e. The smallest absolute Gasteiger partial charge is 0.146 e. The third-order valence-corrected chi connectivity index (χ3v) is 3.62. The highest BCUT2D eigenvalue weighted by Gasteiger charge is 2.08. The van der Waals surface area contributed by atoms with Crippen molar-refractivity contribution in [3.8, 4) is 0 Å². The van der Waals surface area contributed by atoms with Crippen LogP contribution in [0.15, 0.2) is 36.8 Å². The highest BCUT2D eigenvalue weighted by atomic mass is 15.3. The Balaban J connectivity index is 1.99. The average Bonchev–Trinajstić information content (AvgIpc) is 3.07. The lowest BCUT2D eigenvalue weighted by Gasteiger charge is -2.07. The summed E-state index contributed by atoms with van der Waals surface area (Å²) in [5.74, 6) is 0.981. The van der Waals surface area contributed by atoms with E-state index in [4.69, 9.17) is 5.73 Å². The first-order valence-electron chi connectivity index (χ1n) is 6.97. The fourth-order valence-electron chi connectivity index (χ4n) is 2.63. The third-order valence-electron chi connectivity index (χ3n) is 3.62. The van der Waals surface area contributed by atoms with Gasteiger partial charge >= 0.3 is 0 Å². The lowest BCUT2D eigenvalue weighted by molar-refractivity contribution is 0.597. The van der Waals surface area contributed by atoms with Crippen molar-refractivity contribution in [3.05, 3.63) is 48.2 Å². The van der Waals surface area contributed by atoms with Crippen LogP contribution in [0.1, 0.15) is 18.3 Å². The van der Waals surface area contributed by atoms with E-state index in [9.17, 15) is 0 Å². The van der Waals surface area contributed by atoms with Gasteiger partial charge in [0.1, 0.15) is 12.2 Å². The zero-order valence-corrected chi connectivity index (χ0v) is 11.7. The molecular weight excluding hydrogens is 250 g/mol. The number of nitrogens with two attached hydrogens (primary N) is 1. The maximum absolute atomic E-state index is 5.68. The number of nitrogens with zero attached hydrogens (tertiary/aromatic N) is 4. The second kappa shape index (κ2) is 5.46. The van der Waals surface area contributed by atoms with Gasteiger partial charge in [0.15, 0.2) is 0 Å². The van der Waals surface area contributed by atoms with Crippen molar-refractivity contribution in [2.45, 2.75) is 26.4 Å². The van der Waals surface area contributed by atoms with Crippen LogP contribution in [0.25, 0.3) is 10.9 Å². The Morgan fingerprint density at radius 3 is 2.95 bits per heavy atom. The van der Waals surface area contributed by atoms with Gasteiger partial charge < -0.3 is 10.3 Å². The number of hydrogen-bond acceptors (Lipinski definition) is 3. The summed E-state index contributed by atoms with van der Waals surface area (Å²) >= 11 is 0. The van der Waals surface area contributed by atoms with Crippen LogP contribution < -0.4 is 5.73 Å². The van der Waals surface area contributed by atoms with E-state index in [-0.39, 0.29) is 0 Å². The van der Waals surface area contributed by atoms with Gasteiger partial charge in [0.2, 0.25) is 0 Å². The molecule has 0 saturated heterocycles. The van der Waals surface area contributed by atoms with Gasteiger partial charge in [0, 0.05) is 23.6 Å². The summed E-state index contributed by atoms with van der Waals surface area (Å²) in [5, 5.41) is 5.50. The van der Waals surface area contributed by atoms with Crippen LogP contribution >= 0.6 is 0 Å². The Hall–Kier alpha value is -2.14. The highest BCUT2D eigenvalue weighted by molar-refractivity contribution is 5.83. The minimum Gasteiger partial charge on any atom is -0.340 e. The van der Waals surface area contributed by atoms with E-state index in [0.29, 0.717) is 6.54 Å². The Bertz CT molecular complexity index is 710. The van der Waals surface area contributed by atoms with Crippen molar-refractivity contribution < 1.29 is 0 Å². The lowest BCUT2D eigenvalue weighted by atomic mass is 10.1. The van der Waals surface area contributed by atoms with E-state index in [0.717, 1.165) is 25.3 Å². The molecule has 2 aromatic heterocycles. The van der Waals surface area contributed by atoms with E-state index in [2.05, 4.69) is 52.0 Å². The van der Waals surface area contributed by atoms with E-state index in [1.165, 1.54) is 16.5 Å². The molecule has 0 saturated carbocycles. The van der Waals surface area contributed by atoms with Gasteiger partial charge in [-0.3, -0.25) is 0 Å². The fourth-order valence-corrected chi connectivity index (χ4v) is 2.63. The summed E-state index contributed by atoms with van der Waals surface area (Å²) in [5.41, 5.74) is 8.21.